The van der Waals surface area contributed by atoms with E-state index in [2.05, 4.69) is 22.9 Å². The third kappa shape index (κ3) is 4.21. The summed E-state index contributed by atoms with van der Waals surface area (Å²) in [6.45, 7) is 5.55. The number of β-amino-alcohol motifs (C(OH)–C–C–N with tert-alkyl or cyclic N) is 1. The van der Waals surface area contributed by atoms with Gasteiger partial charge in [-0.1, -0.05) is 12.1 Å². The summed E-state index contributed by atoms with van der Waals surface area (Å²) in [5.74, 6) is -1.40. The lowest BCUT2D eigenvalue weighted by Gasteiger charge is -2.38. The van der Waals surface area contributed by atoms with Crippen molar-refractivity contribution in [3.05, 3.63) is 65.5 Å². The highest BCUT2D eigenvalue weighted by Crippen LogP contribution is 2.24. The summed E-state index contributed by atoms with van der Waals surface area (Å²) in [6, 6.07) is 7.92. The number of rotatable bonds is 5. The first kappa shape index (κ1) is 17.9. The van der Waals surface area contributed by atoms with Gasteiger partial charge in [-0.15, -0.1) is 0 Å². The molecule has 0 aliphatic carbocycles. The predicted molar refractivity (Wildman–Crippen MR) is 92.0 cm³/mol. The van der Waals surface area contributed by atoms with Crippen molar-refractivity contribution in [2.24, 2.45) is 0 Å². The fraction of sp³-hybridized carbons (Fsp3) is 0.421. The van der Waals surface area contributed by atoms with Gasteiger partial charge < -0.3 is 5.11 Å². The van der Waals surface area contributed by atoms with E-state index < -0.39 is 17.7 Å². The summed E-state index contributed by atoms with van der Waals surface area (Å²) in [5.41, 5.74) is 0.929. The van der Waals surface area contributed by atoms with Crippen LogP contribution in [0.15, 0.2) is 42.7 Å². The van der Waals surface area contributed by atoms with Gasteiger partial charge in [0.05, 0.1) is 11.7 Å². The Balaban J connectivity index is 1.56. The van der Waals surface area contributed by atoms with Gasteiger partial charge in [0, 0.05) is 51.2 Å². The summed E-state index contributed by atoms with van der Waals surface area (Å²) in [6.07, 6.45) is 2.47. The van der Waals surface area contributed by atoms with Crippen LogP contribution in [0.25, 0.3) is 0 Å². The van der Waals surface area contributed by atoms with Crippen molar-refractivity contribution < 1.29 is 13.9 Å². The molecule has 1 N–H and O–H groups in total. The minimum atomic E-state index is -1.16. The summed E-state index contributed by atoms with van der Waals surface area (Å²) >= 11 is 0. The van der Waals surface area contributed by atoms with Gasteiger partial charge in [-0.2, -0.15) is 0 Å². The van der Waals surface area contributed by atoms with Crippen LogP contribution in [-0.4, -0.2) is 52.6 Å². The number of nitrogens with zero attached hydrogens (tertiary/aromatic N) is 3. The van der Waals surface area contributed by atoms with E-state index in [1.165, 1.54) is 23.8 Å². The number of hydrogen-bond donors (Lipinski definition) is 1. The van der Waals surface area contributed by atoms with Crippen molar-refractivity contribution in [2.45, 2.75) is 19.1 Å². The van der Waals surface area contributed by atoms with Crippen molar-refractivity contribution in [2.75, 3.05) is 32.7 Å². The molecule has 6 heteroatoms. The molecular formula is C19H23F2N3O. The predicted octanol–water partition coefficient (Wildman–Crippen LogP) is 2.77. The third-order valence-electron chi connectivity index (χ3n) is 4.89. The van der Waals surface area contributed by atoms with E-state index in [9.17, 15) is 13.9 Å². The Morgan fingerprint density at radius 2 is 1.76 bits per heavy atom. The highest BCUT2D eigenvalue weighted by Gasteiger charge is 2.25. The maximum Gasteiger partial charge on any atom is 0.131 e. The Kier molecular flexibility index (Phi) is 5.73. The van der Waals surface area contributed by atoms with Gasteiger partial charge in [0.25, 0.3) is 0 Å². The summed E-state index contributed by atoms with van der Waals surface area (Å²) in [5, 5.41) is 10.2. The van der Waals surface area contributed by atoms with E-state index in [0.29, 0.717) is 0 Å². The lowest BCUT2D eigenvalue weighted by molar-refractivity contribution is 0.0562. The van der Waals surface area contributed by atoms with Crippen LogP contribution in [0.3, 0.4) is 0 Å². The monoisotopic (exact) mass is 347 g/mol. The highest BCUT2D eigenvalue weighted by molar-refractivity contribution is 5.22. The minimum absolute atomic E-state index is 0.229. The molecule has 1 aromatic heterocycles. The van der Waals surface area contributed by atoms with Crippen LogP contribution in [0.5, 0.6) is 0 Å². The first-order chi connectivity index (χ1) is 12.1. The largest absolute Gasteiger partial charge is 0.387 e. The van der Waals surface area contributed by atoms with E-state index in [-0.39, 0.29) is 18.2 Å². The minimum Gasteiger partial charge on any atom is -0.387 e. The second-order valence-corrected chi connectivity index (χ2v) is 6.45. The van der Waals surface area contributed by atoms with Crippen LogP contribution in [0, 0.1) is 11.6 Å². The molecule has 1 aliphatic rings. The van der Waals surface area contributed by atoms with Crippen molar-refractivity contribution in [3.63, 3.8) is 0 Å². The first-order valence-electron chi connectivity index (χ1n) is 8.54. The average Bonchev–Trinajstić information content (AvgIpc) is 2.62. The van der Waals surface area contributed by atoms with Gasteiger partial charge >= 0.3 is 0 Å². The summed E-state index contributed by atoms with van der Waals surface area (Å²) < 4.78 is 27.6. The number of halogens is 2. The van der Waals surface area contributed by atoms with Crippen LogP contribution in [0.2, 0.25) is 0 Å². The lowest BCUT2D eigenvalue weighted by atomic mass is 10.1. The fourth-order valence-electron chi connectivity index (χ4n) is 3.33. The second kappa shape index (κ2) is 7.99. The third-order valence-corrected chi connectivity index (χ3v) is 4.89. The first-order valence-corrected chi connectivity index (χ1v) is 8.54. The fourth-order valence-corrected chi connectivity index (χ4v) is 3.33. The Bertz CT molecular complexity index is 670. The molecule has 2 unspecified atom stereocenters. The number of aromatic nitrogens is 1. The van der Waals surface area contributed by atoms with Gasteiger partial charge in [0.15, 0.2) is 0 Å². The Hall–Kier alpha value is -1.89. The summed E-state index contributed by atoms with van der Waals surface area (Å²) in [4.78, 5) is 8.56. The molecule has 0 saturated carbocycles. The summed E-state index contributed by atoms with van der Waals surface area (Å²) in [7, 11) is 0. The molecule has 0 radical (unpaired) electrons. The van der Waals surface area contributed by atoms with Crippen molar-refractivity contribution in [3.8, 4) is 0 Å². The van der Waals surface area contributed by atoms with Gasteiger partial charge in [-0.25, -0.2) is 8.78 Å². The second-order valence-electron chi connectivity index (χ2n) is 6.45. The number of pyridine rings is 1. The Morgan fingerprint density at radius 1 is 1.08 bits per heavy atom. The standard InChI is InChI=1S/C19H23F2N3O/c1-14(15-4-3-7-22-12-15)24-10-8-23(9-11-24)13-18(25)19-16(20)5-2-6-17(19)21/h2-7,12,14,18,25H,8-11,13H2,1H3. The normalized spacial score (nSPS) is 18.9. The molecule has 2 atom stereocenters. The molecule has 134 valence electrons. The van der Waals surface area contributed by atoms with Crippen LogP contribution >= 0.6 is 0 Å². The van der Waals surface area contributed by atoms with Gasteiger partial charge in [-0.05, 0) is 30.7 Å². The lowest BCUT2D eigenvalue weighted by Crippen LogP contribution is -2.48. The molecule has 0 bridgehead atoms. The molecule has 2 heterocycles. The van der Waals surface area contributed by atoms with E-state index in [0.717, 1.165) is 26.2 Å². The topological polar surface area (TPSA) is 39.6 Å². The zero-order chi connectivity index (χ0) is 17.8. The van der Waals surface area contributed by atoms with Gasteiger partial charge in [0.2, 0.25) is 0 Å². The van der Waals surface area contributed by atoms with Crippen LogP contribution < -0.4 is 0 Å². The Morgan fingerprint density at radius 3 is 2.36 bits per heavy atom. The van der Waals surface area contributed by atoms with Crippen LogP contribution in [0.4, 0.5) is 8.78 Å². The van der Waals surface area contributed by atoms with E-state index >= 15 is 0 Å². The van der Waals surface area contributed by atoms with Crippen molar-refractivity contribution >= 4 is 0 Å². The number of benzene rings is 1. The van der Waals surface area contributed by atoms with Crippen molar-refractivity contribution in [1.29, 1.82) is 0 Å². The van der Waals surface area contributed by atoms with E-state index in [1.54, 1.807) is 6.20 Å². The SMILES string of the molecule is CC(c1cccnc1)N1CCN(CC(O)c2c(F)cccc2F)CC1. The number of piperazine rings is 1. The smallest absolute Gasteiger partial charge is 0.131 e. The van der Waals surface area contributed by atoms with Gasteiger partial charge in [0.1, 0.15) is 11.6 Å². The molecule has 1 saturated heterocycles. The molecule has 1 aromatic carbocycles. The molecule has 1 fully saturated rings. The molecule has 0 amide bonds. The quantitative estimate of drug-likeness (QED) is 0.903. The molecule has 1 aliphatic heterocycles. The van der Waals surface area contributed by atoms with E-state index in [4.69, 9.17) is 0 Å². The zero-order valence-corrected chi connectivity index (χ0v) is 14.3. The molecule has 25 heavy (non-hydrogen) atoms. The number of hydrogen-bond acceptors (Lipinski definition) is 4. The number of aliphatic hydroxyl groups excluding tert-OH is 1. The van der Waals surface area contributed by atoms with Crippen LogP contribution in [0.1, 0.15) is 30.2 Å². The maximum atomic E-state index is 13.8. The Labute approximate surface area is 146 Å². The number of aliphatic hydroxyl groups is 1. The zero-order valence-electron chi connectivity index (χ0n) is 14.3. The molecule has 4 nitrogen and oxygen atoms in total. The molecule has 2 aromatic rings. The average molecular weight is 347 g/mol. The molecule has 3 rings (SSSR count). The maximum absolute atomic E-state index is 13.8. The van der Waals surface area contributed by atoms with E-state index in [1.807, 2.05) is 17.2 Å². The van der Waals surface area contributed by atoms with Crippen LogP contribution in [-0.2, 0) is 0 Å². The molecule has 0 spiro atoms. The molecular weight excluding hydrogens is 324 g/mol. The highest BCUT2D eigenvalue weighted by atomic mass is 19.1. The van der Waals surface area contributed by atoms with Crippen molar-refractivity contribution in [1.82, 2.24) is 14.8 Å². The van der Waals surface area contributed by atoms with Gasteiger partial charge in [-0.3, -0.25) is 14.8 Å².